The van der Waals surface area contributed by atoms with E-state index in [0.717, 1.165) is 18.4 Å². The van der Waals surface area contributed by atoms with Crippen LogP contribution in [-0.4, -0.2) is 19.0 Å². The summed E-state index contributed by atoms with van der Waals surface area (Å²) < 4.78 is 30.9. The Labute approximate surface area is 87.3 Å². The number of halogens is 2. The van der Waals surface area contributed by atoms with Crippen molar-refractivity contribution in [1.82, 2.24) is 0 Å². The van der Waals surface area contributed by atoms with E-state index in [0.29, 0.717) is 12.3 Å². The summed E-state index contributed by atoms with van der Waals surface area (Å²) in [6.45, 7) is 0. The minimum absolute atomic E-state index is 0.126. The first-order valence-electron chi connectivity index (χ1n) is 5.21. The molecule has 0 atom stereocenters. The first kappa shape index (κ1) is 10.6. The lowest BCUT2D eigenvalue weighted by molar-refractivity contribution is -0.137. The molecule has 0 aromatic carbocycles. The Kier molecular flexibility index (Phi) is 2.52. The normalized spacial score (nSPS) is 25.3. The van der Waals surface area contributed by atoms with Gasteiger partial charge in [-0.25, -0.2) is 13.6 Å². The fourth-order valence-electron chi connectivity index (χ4n) is 2.14. The van der Waals surface area contributed by atoms with Gasteiger partial charge >= 0.3 is 5.97 Å². The van der Waals surface area contributed by atoms with Crippen molar-refractivity contribution in [2.45, 2.75) is 38.0 Å². The molecule has 4 heteroatoms. The van der Waals surface area contributed by atoms with E-state index in [2.05, 4.69) is 4.74 Å². The Hall–Kier alpha value is -0.930. The Morgan fingerprint density at radius 3 is 2.67 bits per heavy atom. The first-order chi connectivity index (χ1) is 7.03. The fourth-order valence-corrected chi connectivity index (χ4v) is 2.14. The zero-order valence-electron chi connectivity index (χ0n) is 8.69. The second kappa shape index (κ2) is 3.58. The van der Waals surface area contributed by atoms with Crippen LogP contribution in [0, 0.1) is 5.92 Å². The molecule has 0 bridgehead atoms. The molecule has 15 heavy (non-hydrogen) atoms. The van der Waals surface area contributed by atoms with Crippen LogP contribution in [0.5, 0.6) is 0 Å². The lowest BCUT2D eigenvalue weighted by atomic mass is 9.86. The van der Waals surface area contributed by atoms with Gasteiger partial charge < -0.3 is 4.74 Å². The number of alkyl halides is 2. The Bertz CT molecular complexity index is 317. The molecule has 1 saturated carbocycles. The molecule has 2 aliphatic carbocycles. The van der Waals surface area contributed by atoms with Gasteiger partial charge in [0.2, 0.25) is 0 Å². The van der Waals surface area contributed by atoms with Gasteiger partial charge in [-0.15, -0.1) is 0 Å². The van der Waals surface area contributed by atoms with E-state index in [1.54, 1.807) is 0 Å². The lowest BCUT2D eigenvalue weighted by Gasteiger charge is -2.25. The topological polar surface area (TPSA) is 26.3 Å². The predicted molar refractivity (Wildman–Crippen MR) is 50.6 cm³/mol. The maximum absolute atomic E-state index is 13.2. The number of hydrogen-bond acceptors (Lipinski definition) is 2. The average molecular weight is 216 g/mol. The molecule has 2 nitrogen and oxygen atoms in total. The van der Waals surface area contributed by atoms with Crippen LogP contribution in [0.3, 0.4) is 0 Å². The summed E-state index contributed by atoms with van der Waals surface area (Å²) >= 11 is 0. The van der Waals surface area contributed by atoms with Crippen molar-refractivity contribution in [3.05, 3.63) is 11.1 Å². The number of ether oxygens (including phenoxy) is 1. The van der Waals surface area contributed by atoms with Gasteiger partial charge in [-0.3, -0.25) is 0 Å². The molecule has 0 amide bonds. The van der Waals surface area contributed by atoms with Gasteiger partial charge in [-0.05, 0) is 25.2 Å². The van der Waals surface area contributed by atoms with Gasteiger partial charge in [0.15, 0.2) is 0 Å². The Balaban J connectivity index is 2.26. The van der Waals surface area contributed by atoms with Gasteiger partial charge in [0.1, 0.15) is 0 Å². The molecule has 1 fully saturated rings. The van der Waals surface area contributed by atoms with Crippen LogP contribution in [0.25, 0.3) is 0 Å². The summed E-state index contributed by atoms with van der Waals surface area (Å²) in [6.07, 6.45) is 1.84. The summed E-state index contributed by atoms with van der Waals surface area (Å²) in [5, 5.41) is 0. The standard InChI is InChI=1S/C11H14F2O2/c1-15-10(14)9-6-11(12,13)5-4-8(9)7-2-3-7/h7H,2-6H2,1H3. The van der Waals surface area contributed by atoms with E-state index in [-0.39, 0.29) is 12.0 Å². The highest BCUT2D eigenvalue weighted by Gasteiger charge is 2.42. The van der Waals surface area contributed by atoms with Crippen LogP contribution >= 0.6 is 0 Å². The molecule has 0 heterocycles. The number of methoxy groups -OCH3 is 1. The summed E-state index contributed by atoms with van der Waals surface area (Å²) in [5.41, 5.74) is 1.16. The average Bonchev–Trinajstić information content (AvgIpc) is 2.99. The second-order valence-corrected chi connectivity index (χ2v) is 4.30. The van der Waals surface area contributed by atoms with Crippen LogP contribution in [0.15, 0.2) is 11.1 Å². The zero-order valence-corrected chi connectivity index (χ0v) is 8.69. The molecule has 0 spiro atoms. The van der Waals surface area contributed by atoms with E-state index in [4.69, 9.17) is 0 Å². The SMILES string of the molecule is COC(=O)C1=C(C2CC2)CCC(F)(F)C1. The van der Waals surface area contributed by atoms with E-state index in [1.165, 1.54) is 7.11 Å². The molecule has 2 rings (SSSR count). The molecule has 0 aliphatic heterocycles. The minimum atomic E-state index is -2.73. The molecular weight excluding hydrogens is 202 g/mol. The molecular formula is C11H14F2O2. The van der Waals surface area contributed by atoms with E-state index >= 15 is 0 Å². The summed E-state index contributed by atoms with van der Waals surface area (Å²) in [6, 6.07) is 0. The van der Waals surface area contributed by atoms with Gasteiger partial charge in [-0.1, -0.05) is 5.57 Å². The monoisotopic (exact) mass is 216 g/mol. The number of carbonyl (C=O) groups excluding carboxylic acids is 1. The minimum Gasteiger partial charge on any atom is -0.466 e. The number of esters is 1. The summed E-state index contributed by atoms with van der Waals surface area (Å²) in [4.78, 5) is 11.4. The van der Waals surface area contributed by atoms with Crippen molar-refractivity contribution in [3.63, 3.8) is 0 Å². The quantitative estimate of drug-likeness (QED) is 0.663. The second-order valence-electron chi connectivity index (χ2n) is 4.30. The van der Waals surface area contributed by atoms with Crippen molar-refractivity contribution in [3.8, 4) is 0 Å². The third kappa shape index (κ3) is 2.19. The largest absolute Gasteiger partial charge is 0.466 e. The third-order valence-electron chi connectivity index (χ3n) is 3.09. The van der Waals surface area contributed by atoms with Gasteiger partial charge in [-0.2, -0.15) is 0 Å². The Morgan fingerprint density at radius 2 is 2.13 bits per heavy atom. The molecule has 2 aliphatic rings. The van der Waals surface area contributed by atoms with Crippen molar-refractivity contribution in [2.75, 3.05) is 7.11 Å². The number of carbonyl (C=O) groups is 1. The van der Waals surface area contributed by atoms with Gasteiger partial charge in [0.05, 0.1) is 7.11 Å². The maximum atomic E-state index is 13.2. The van der Waals surface area contributed by atoms with Crippen LogP contribution in [0.1, 0.15) is 32.1 Å². The Morgan fingerprint density at radius 1 is 1.47 bits per heavy atom. The van der Waals surface area contributed by atoms with E-state index in [9.17, 15) is 13.6 Å². The highest BCUT2D eigenvalue weighted by molar-refractivity contribution is 5.89. The van der Waals surface area contributed by atoms with Crippen LogP contribution in [0.4, 0.5) is 8.78 Å². The van der Waals surface area contributed by atoms with E-state index < -0.39 is 18.3 Å². The molecule has 0 radical (unpaired) electrons. The van der Waals surface area contributed by atoms with E-state index in [1.807, 2.05) is 0 Å². The summed E-state index contributed by atoms with van der Waals surface area (Å²) in [7, 11) is 1.24. The molecule has 0 aromatic heterocycles. The predicted octanol–water partition coefficient (Wildman–Crippen LogP) is 2.69. The van der Waals surface area contributed by atoms with Crippen molar-refractivity contribution >= 4 is 5.97 Å². The molecule has 84 valence electrons. The number of rotatable bonds is 2. The van der Waals surface area contributed by atoms with Crippen LogP contribution in [-0.2, 0) is 9.53 Å². The number of allylic oxidation sites excluding steroid dienone is 1. The lowest BCUT2D eigenvalue weighted by Crippen LogP contribution is -2.26. The van der Waals surface area contributed by atoms with Crippen molar-refractivity contribution in [2.24, 2.45) is 5.92 Å². The molecule has 0 aromatic rings. The molecule has 0 unspecified atom stereocenters. The first-order valence-corrected chi connectivity index (χ1v) is 5.21. The highest BCUT2D eigenvalue weighted by atomic mass is 19.3. The van der Waals surface area contributed by atoms with Crippen molar-refractivity contribution < 1.29 is 18.3 Å². The molecule has 0 saturated heterocycles. The fraction of sp³-hybridized carbons (Fsp3) is 0.727. The zero-order chi connectivity index (χ0) is 11.1. The molecule has 0 N–H and O–H groups in total. The van der Waals surface area contributed by atoms with Crippen LogP contribution in [0.2, 0.25) is 0 Å². The number of hydrogen-bond donors (Lipinski definition) is 0. The maximum Gasteiger partial charge on any atom is 0.333 e. The van der Waals surface area contributed by atoms with Crippen molar-refractivity contribution in [1.29, 1.82) is 0 Å². The highest BCUT2D eigenvalue weighted by Crippen LogP contribution is 2.47. The van der Waals surface area contributed by atoms with Crippen LogP contribution < -0.4 is 0 Å². The van der Waals surface area contributed by atoms with Gasteiger partial charge in [0.25, 0.3) is 5.92 Å². The smallest absolute Gasteiger partial charge is 0.333 e. The summed E-state index contributed by atoms with van der Waals surface area (Å²) in [5.74, 6) is -2.94. The third-order valence-corrected chi connectivity index (χ3v) is 3.09. The van der Waals surface area contributed by atoms with Gasteiger partial charge in [0, 0.05) is 18.4 Å².